The van der Waals surface area contributed by atoms with E-state index in [9.17, 15) is 4.79 Å². The molecule has 0 aliphatic carbocycles. The number of rotatable bonds is 4. The Morgan fingerprint density at radius 3 is 1.63 bits per heavy atom. The van der Waals surface area contributed by atoms with Gasteiger partial charge in [0.2, 0.25) is 0 Å². The number of carbonyl (C=O) groups excluding carboxylic acids is 1. The van der Waals surface area contributed by atoms with Crippen molar-refractivity contribution < 1.29 is 9.22 Å². The Hall–Kier alpha value is -2.36. The van der Waals surface area contributed by atoms with Crippen molar-refractivity contribution in [1.29, 1.82) is 0 Å². The smallest absolute Gasteiger partial charge is 0.325 e. The molecule has 0 saturated carbocycles. The van der Waals surface area contributed by atoms with E-state index >= 15 is 0 Å². The normalized spacial score (nSPS) is 11.9. The number of halogens is 1. The molecular weight excluding hydrogens is 372 g/mol. The molecule has 138 valence electrons. The Labute approximate surface area is 166 Å². The minimum atomic E-state index is -2.89. The zero-order valence-corrected chi connectivity index (χ0v) is 17.5. The Morgan fingerprint density at radius 1 is 0.778 bits per heavy atom. The molecule has 0 amide bonds. The van der Waals surface area contributed by atoms with Gasteiger partial charge in [0, 0.05) is 5.02 Å². The molecule has 0 radical (unpaired) electrons. The molecule has 3 rings (SSSR count). The van der Waals surface area contributed by atoms with Crippen molar-refractivity contribution in [2.24, 2.45) is 0 Å². The maximum Gasteiger partial charge on any atom is 0.325 e. The van der Waals surface area contributed by atoms with Crippen molar-refractivity contribution in [3.63, 3.8) is 0 Å². The lowest BCUT2D eigenvalue weighted by atomic mass is 10.2. The van der Waals surface area contributed by atoms with Crippen molar-refractivity contribution in [3.05, 3.63) is 95.5 Å². The van der Waals surface area contributed by atoms with Gasteiger partial charge in [-0.1, -0.05) is 93.0 Å². The van der Waals surface area contributed by atoms with Crippen molar-refractivity contribution in [3.8, 4) is 0 Å². The maximum absolute atomic E-state index is 13.1. The van der Waals surface area contributed by atoms with E-state index in [0.29, 0.717) is 10.6 Å². The highest BCUT2D eigenvalue weighted by atomic mass is 35.5. The van der Waals surface area contributed by atoms with E-state index in [1.165, 1.54) is 0 Å². The van der Waals surface area contributed by atoms with Crippen LogP contribution in [0.5, 0.6) is 0 Å². The Morgan fingerprint density at radius 2 is 1.22 bits per heavy atom. The standard InChI is InChI=1S/C23H23ClO2Si/c1-23(2,3)27(20-10-6-4-7-11-20,21-12-8-5-9-13-21)26-22(25)18-14-16-19(24)17-15-18/h4-17H,1-3H3. The number of hydrogen-bond donors (Lipinski definition) is 0. The van der Waals surface area contributed by atoms with E-state index < -0.39 is 8.32 Å². The summed E-state index contributed by atoms with van der Waals surface area (Å²) in [5, 5.41) is 2.49. The minimum Gasteiger partial charge on any atom is -0.506 e. The van der Waals surface area contributed by atoms with Crippen LogP contribution in [0.2, 0.25) is 10.1 Å². The maximum atomic E-state index is 13.1. The molecule has 0 aromatic heterocycles. The highest BCUT2D eigenvalue weighted by Gasteiger charge is 2.53. The van der Waals surface area contributed by atoms with Crippen molar-refractivity contribution in [1.82, 2.24) is 0 Å². The highest BCUT2D eigenvalue weighted by molar-refractivity contribution is 7.00. The molecule has 2 nitrogen and oxygen atoms in total. The average Bonchev–Trinajstić information content (AvgIpc) is 2.67. The summed E-state index contributed by atoms with van der Waals surface area (Å²) in [4.78, 5) is 13.1. The molecule has 0 fully saturated rings. The molecule has 3 aromatic carbocycles. The summed E-state index contributed by atoms with van der Waals surface area (Å²) in [6.45, 7) is 6.44. The van der Waals surface area contributed by atoms with Gasteiger partial charge in [-0.3, -0.25) is 0 Å². The second-order valence-corrected chi connectivity index (χ2v) is 12.2. The van der Waals surface area contributed by atoms with E-state index in [1.807, 2.05) is 36.4 Å². The fourth-order valence-electron chi connectivity index (χ4n) is 3.43. The van der Waals surface area contributed by atoms with Gasteiger partial charge >= 0.3 is 14.3 Å². The molecule has 0 heterocycles. The van der Waals surface area contributed by atoms with Crippen LogP contribution in [0.4, 0.5) is 0 Å². The molecule has 0 unspecified atom stereocenters. The summed E-state index contributed by atoms with van der Waals surface area (Å²) < 4.78 is 6.46. The van der Waals surface area contributed by atoms with Crippen molar-refractivity contribution in [2.45, 2.75) is 25.8 Å². The number of benzene rings is 3. The Kier molecular flexibility index (Phi) is 5.54. The van der Waals surface area contributed by atoms with Gasteiger partial charge in [0.05, 0.1) is 5.56 Å². The fourth-order valence-corrected chi connectivity index (χ4v) is 7.89. The predicted octanol–water partition coefficient (Wildman–Crippen LogP) is 5.06. The van der Waals surface area contributed by atoms with Gasteiger partial charge in [0.1, 0.15) is 0 Å². The lowest BCUT2D eigenvalue weighted by molar-refractivity contribution is 0.0719. The largest absolute Gasteiger partial charge is 0.506 e. The second-order valence-electron chi connectivity index (χ2n) is 7.56. The Balaban J connectivity index is 2.17. The van der Waals surface area contributed by atoms with Gasteiger partial charge in [-0.05, 0) is 39.7 Å². The molecule has 0 spiro atoms. The van der Waals surface area contributed by atoms with E-state index in [0.717, 1.165) is 10.4 Å². The molecular formula is C23H23ClO2Si. The van der Waals surface area contributed by atoms with Gasteiger partial charge in [-0.15, -0.1) is 0 Å². The number of carbonyl (C=O) groups is 1. The van der Waals surface area contributed by atoms with Gasteiger partial charge in [0.25, 0.3) is 0 Å². The van der Waals surface area contributed by atoms with Gasteiger partial charge < -0.3 is 4.43 Å². The lowest BCUT2D eigenvalue weighted by Gasteiger charge is -2.42. The molecule has 0 aliphatic rings. The van der Waals surface area contributed by atoms with Crippen molar-refractivity contribution >= 4 is 36.3 Å². The monoisotopic (exact) mass is 394 g/mol. The van der Waals surface area contributed by atoms with Gasteiger partial charge in [0.15, 0.2) is 0 Å². The second kappa shape index (κ2) is 7.71. The third-order valence-corrected chi connectivity index (χ3v) is 9.89. The summed E-state index contributed by atoms with van der Waals surface area (Å²) in [5.41, 5.74) is 0.507. The first-order valence-electron chi connectivity index (χ1n) is 8.94. The topological polar surface area (TPSA) is 26.3 Å². The van der Waals surface area contributed by atoms with Gasteiger partial charge in [-0.2, -0.15) is 0 Å². The number of hydrogen-bond acceptors (Lipinski definition) is 2. The molecule has 0 N–H and O–H groups in total. The minimum absolute atomic E-state index is 0.252. The molecule has 0 saturated heterocycles. The summed E-state index contributed by atoms with van der Waals surface area (Å²) in [5.74, 6) is -0.319. The van der Waals surface area contributed by atoms with E-state index in [1.54, 1.807) is 24.3 Å². The van der Waals surface area contributed by atoms with Crippen LogP contribution in [0, 0.1) is 0 Å². The zero-order valence-electron chi connectivity index (χ0n) is 15.8. The molecule has 27 heavy (non-hydrogen) atoms. The molecule has 4 heteroatoms. The van der Waals surface area contributed by atoms with Crippen LogP contribution in [-0.4, -0.2) is 14.3 Å². The highest BCUT2D eigenvalue weighted by Crippen LogP contribution is 2.37. The van der Waals surface area contributed by atoms with Gasteiger partial charge in [-0.25, -0.2) is 4.79 Å². The van der Waals surface area contributed by atoms with Crippen LogP contribution in [-0.2, 0) is 4.43 Å². The molecule has 0 aliphatic heterocycles. The summed E-state index contributed by atoms with van der Waals surface area (Å²) >= 11 is 5.97. The fraction of sp³-hybridized carbons (Fsp3) is 0.174. The van der Waals surface area contributed by atoms with Crippen molar-refractivity contribution in [2.75, 3.05) is 0 Å². The van der Waals surface area contributed by atoms with Crippen LogP contribution < -0.4 is 10.4 Å². The van der Waals surface area contributed by atoms with E-state index in [-0.39, 0.29) is 11.0 Å². The van der Waals surface area contributed by atoms with Crippen LogP contribution in [0.1, 0.15) is 31.1 Å². The third kappa shape index (κ3) is 3.85. The van der Waals surface area contributed by atoms with Crippen LogP contribution >= 0.6 is 11.6 Å². The predicted molar refractivity (Wildman–Crippen MR) is 114 cm³/mol. The molecule has 0 bridgehead atoms. The van der Waals surface area contributed by atoms with Crippen LogP contribution in [0.3, 0.4) is 0 Å². The summed E-state index contributed by atoms with van der Waals surface area (Å²) in [7, 11) is -2.89. The van der Waals surface area contributed by atoms with E-state index in [4.69, 9.17) is 16.0 Å². The Bertz CT molecular complexity index is 861. The van der Waals surface area contributed by atoms with E-state index in [2.05, 4.69) is 45.0 Å². The summed E-state index contributed by atoms with van der Waals surface area (Å²) in [6.07, 6.45) is 0. The molecule has 3 aromatic rings. The lowest BCUT2D eigenvalue weighted by Crippen LogP contribution is -2.67. The quantitative estimate of drug-likeness (QED) is 0.578. The summed E-state index contributed by atoms with van der Waals surface area (Å²) in [6, 6.07) is 27.1. The van der Waals surface area contributed by atoms with Crippen LogP contribution in [0.15, 0.2) is 84.9 Å². The first kappa shape index (κ1) is 19.4. The average molecular weight is 395 g/mol. The van der Waals surface area contributed by atoms with Crippen LogP contribution in [0.25, 0.3) is 0 Å². The first-order chi connectivity index (χ1) is 12.8. The zero-order chi connectivity index (χ0) is 19.5. The SMILES string of the molecule is CC(C)(C)[Si](OC(=O)c1ccc(Cl)cc1)(c1ccccc1)c1ccccc1. The first-order valence-corrected chi connectivity index (χ1v) is 11.2. The third-order valence-electron chi connectivity index (χ3n) is 4.74. The molecule has 0 atom stereocenters.